The predicted molar refractivity (Wildman–Crippen MR) is 128 cm³/mol. The van der Waals surface area contributed by atoms with Crippen LogP contribution in [0.4, 0.5) is 0 Å². The average Bonchev–Trinajstić information content (AvgIpc) is 3.57. The number of ether oxygens (including phenoxy) is 2. The molecule has 1 atom stereocenters. The van der Waals surface area contributed by atoms with E-state index in [2.05, 4.69) is 26.7 Å². The maximum Gasteiger partial charge on any atom is 0.337 e. The van der Waals surface area contributed by atoms with Crippen LogP contribution in [0.15, 0.2) is 67.3 Å². The molecule has 5 rings (SSSR count). The number of methoxy groups -OCH3 is 1. The van der Waals surface area contributed by atoms with E-state index in [-0.39, 0.29) is 6.10 Å². The van der Waals surface area contributed by atoms with Crippen LogP contribution < -0.4 is 4.74 Å². The van der Waals surface area contributed by atoms with Gasteiger partial charge >= 0.3 is 5.97 Å². The largest absolute Gasteiger partial charge is 0.487 e. The molecule has 11 nitrogen and oxygen atoms in total. The second-order valence-corrected chi connectivity index (χ2v) is 7.99. The lowest BCUT2D eigenvalue weighted by molar-refractivity contribution is 0.0600. The Morgan fingerprint density at radius 3 is 2.83 bits per heavy atom. The quantitative estimate of drug-likeness (QED) is 0.322. The van der Waals surface area contributed by atoms with E-state index in [0.29, 0.717) is 34.8 Å². The van der Waals surface area contributed by atoms with Gasteiger partial charge in [0.1, 0.15) is 24.3 Å². The fourth-order valence-corrected chi connectivity index (χ4v) is 3.82. The van der Waals surface area contributed by atoms with Crippen molar-refractivity contribution in [3.05, 3.63) is 78.4 Å². The van der Waals surface area contributed by atoms with Crippen LogP contribution in [-0.4, -0.2) is 54.0 Å². The zero-order valence-corrected chi connectivity index (χ0v) is 19.4. The summed E-state index contributed by atoms with van der Waals surface area (Å²) >= 11 is 0. The number of nitriles is 1. The lowest BCUT2D eigenvalue weighted by Crippen LogP contribution is -2.20. The molecule has 0 radical (unpaired) electrons. The van der Waals surface area contributed by atoms with Gasteiger partial charge in [-0.3, -0.25) is 0 Å². The summed E-state index contributed by atoms with van der Waals surface area (Å²) in [4.78, 5) is 16.8. The van der Waals surface area contributed by atoms with Gasteiger partial charge in [-0.05, 0) is 53.2 Å². The molecule has 3 aromatic heterocycles. The summed E-state index contributed by atoms with van der Waals surface area (Å²) in [5.74, 6) is 0.0261. The van der Waals surface area contributed by atoms with Gasteiger partial charge in [-0.25, -0.2) is 19.0 Å². The average molecular weight is 480 g/mol. The molecule has 0 bridgehead atoms. The molecule has 0 spiro atoms. The number of hydrogen-bond acceptors (Lipinski definition) is 9. The summed E-state index contributed by atoms with van der Waals surface area (Å²) in [5, 5.41) is 25.1. The molecule has 0 amide bonds. The Morgan fingerprint density at radius 1 is 1.17 bits per heavy atom. The molecule has 2 aromatic carbocycles. The molecule has 5 aromatic rings. The van der Waals surface area contributed by atoms with Crippen molar-refractivity contribution in [1.82, 2.24) is 34.8 Å². The van der Waals surface area contributed by atoms with Gasteiger partial charge in [0.25, 0.3) is 0 Å². The maximum atomic E-state index is 12.0. The van der Waals surface area contributed by atoms with Crippen molar-refractivity contribution in [3.63, 3.8) is 0 Å². The van der Waals surface area contributed by atoms with E-state index in [4.69, 9.17) is 14.5 Å². The minimum Gasteiger partial charge on any atom is -0.487 e. The van der Waals surface area contributed by atoms with Crippen LogP contribution in [0.1, 0.15) is 22.8 Å². The molecular weight excluding hydrogens is 460 g/mol. The van der Waals surface area contributed by atoms with Gasteiger partial charge in [0.2, 0.25) is 0 Å². The highest BCUT2D eigenvalue weighted by Crippen LogP contribution is 2.30. The number of fused-ring (bicyclic) bond motifs is 1. The second-order valence-electron chi connectivity index (χ2n) is 7.99. The van der Waals surface area contributed by atoms with Crippen molar-refractivity contribution in [1.29, 1.82) is 5.26 Å². The summed E-state index contributed by atoms with van der Waals surface area (Å²) in [6.07, 6.45) is 4.74. The molecule has 0 unspecified atom stereocenters. The molecule has 0 aliphatic rings. The van der Waals surface area contributed by atoms with Crippen molar-refractivity contribution >= 4 is 11.6 Å². The molecule has 0 saturated carbocycles. The first-order valence-corrected chi connectivity index (χ1v) is 11.0. The SMILES string of the molecule is COC(=O)c1cccc(-c2cnn3ccc(-c4ccc(C#N)c(O[C@@H](C)Cn5cnnn5)c4)nc23)c1. The third-order valence-corrected chi connectivity index (χ3v) is 5.53. The second kappa shape index (κ2) is 9.63. The molecule has 0 aliphatic carbocycles. The first-order chi connectivity index (χ1) is 17.6. The molecule has 0 N–H and O–H groups in total. The molecule has 0 fully saturated rings. The molecule has 0 aliphatic heterocycles. The van der Waals surface area contributed by atoms with Gasteiger partial charge in [0.15, 0.2) is 5.65 Å². The van der Waals surface area contributed by atoms with Gasteiger partial charge in [0.05, 0.1) is 36.7 Å². The van der Waals surface area contributed by atoms with E-state index in [9.17, 15) is 10.1 Å². The highest BCUT2D eigenvalue weighted by Gasteiger charge is 2.15. The van der Waals surface area contributed by atoms with E-state index in [1.165, 1.54) is 13.4 Å². The van der Waals surface area contributed by atoms with Crippen LogP contribution in [0, 0.1) is 11.3 Å². The maximum absolute atomic E-state index is 12.0. The monoisotopic (exact) mass is 480 g/mol. The number of aromatic nitrogens is 7. The lowest BCUT2D eigenvalue weighted by Gasteiger charge is -2.16. The Labute approximate surface area is 205 Å². The van der Waals surface area contributed by atoms with Gasteiger partial charge in [-0.15, -0.1) is 5.10 Å². The zero-order valence-electron chi connectivity index (χ0n) is 19.4. The Bertz CT molecular complexity index is 1590. The molecule has 0 saturated heterocycles. The van der Waals surface area contributed by atoms with E-state index in [1.807, 2.05) is 31.3 Å². The zero-order chi connectivity index (χ0) is 25.1. The standard InChI is InChI=1S/C25H20N8O3/c1-16(14-32-15-27-30-31-32)36-23-11-18(6-7-20(23)12-26)22-8-9-33-24(29-22)21(13-28-33)17-4-3-5-19(10-17)25(34)35-2/h3-11,13,15-16H,14H2,1-2H3/t16-/m0/s1. The highest BCUT2D eigenvalue weighted by atomic mass is 16.5. The van der Waals surface area contributed by atoms with Crippen molar-refractivity contribution in [3.8, 4) is 34.2 Å². The first kappa shape index (κ1) is 22.7. The van der Waals surface area contributed by atoms with Crippen molar-refractivity contribution in [2.24, 2.45) is 0 Å². The third kappa shape index (κ3) is 4.47. The number of hydrogen-bond donors (Lipinski definition) is 0. The van der Waals surface area contributed by atoms with Gasteiger partial charge < -0.3 is 9.47 Å². The Balaban J connectivity index is 1.49. The molecular formula is C25H20N8O3. The summed E-state index contributed by atoms with van der Waals surface area (Å²) in [6, 6.07) is 16.4. The smallest absolute Gasteiger partial charge is 0.337 e. The van der Waals surface area contributed by atoms with Gasteiger partial charge in [-0.1, -0.05) is 18.2 Å². The molecule has 178 valence electrons. The first-order valence-electron chi connectivity index (χ1n) is 11.0. The Morgan fingerprint density at radius 2 is 2.06 bits per heavy atom. The van der Waals surface area contributed by atoms with Crippen molar-refractivity contribution < 1.29 is 14.3 Å². The van der Waals surface area contributed by atoms with Crippen molar-refractivity contribution in [2.75, 3.05) is 7.11 Å². The number of carbonyl (C=O) groups excluding carboxylic acids is 1. The number of carbonyl (C=O) groups is 1. The number of esters is 1. The number of tetrazole rings is 1. The van der Waals surface area contributed by atoms with E-state index in [0.717, 1.165) is 16.7 Å². The van der Waals surface area contributed by atoms with Crippen LogP contribution in [-0.2, 0) is 11.3 Å². The topological polar surface area (TPSA) is 133 Å². The van der Waals surface area contributed by atoms with Crippen LogP contribution in [0.3, 0.4) is 0 Å². The van der Waals surface area contributed by atoms with E-state index >= 15 is 0 Å². The summed E-state index contributed by atoms with van der Waals surface area (Å²) < 4.78 is 14.1. The van der Waals surface area contributed by atoms with Crippen molar-refractivity contribution in [2.45, 2.75) is 19.6 Å². The fourth-order valence-electron chi connectivity index (χ4n) is 3.82. The van der Waals surface area contributed by atoms with Crippen LogP contribution in [0.5, 0.6) is 5.75 Å². The number of benzene rings is 2. The van der Waals surface area contributed by atoms with E-state index in [1.54, 1.807) is 45.7 Å². The van der Waals surface area contributed by atoms with Gasteiger partial charge in [0, 0.05) is 17.3 Å². The van der Waals surface area contributed by atoms with Crippen LogP contribution in [0.25, 0.3) is 28.0 Å². The summed E-state index contributed by atoms with van der Waals surface area (Å²) in [7, 11) is 1.35. The fraction of sp³-hybridized carbons (Fsp3) is 0.160. The Hall–Kier alpha value is -5.11. The highest BCUT2D eigenvalue weighted by molar-refractivity contribution is 5.92. The van der Waals surface area contributed by atoms with Crippen LogP contribution >= 0.6 is 0 Å². The minimum atomic E-state index is -0.415. The minimum absolute atomic E-state index is 0.283. The summed E-state index contributed by atoms with van der Waals surface area (Å²) in [5.41, 5.74) is 4.48. The van der Waals surface area contributed by atoms with E-state index < -0.39 is 5.97 Å². The molecule has 36 heavy (non-hydrogen) atoms. The van der Waals surface area contributed by atoms with Gasteiger partial charge in [-0.2, -0.15) is 10.4 Å². The molecule has 3 heterocycles. The normalized spacial score (nSPS) is 11.7. The Kier molecular flexibility index (Phi) is 6.07. The third-order valence-electron chi connectivity index (χ3n) is 5.53. The molecule has 11 heteroatoms. The number of nitrogens with zero attached hydrogens (tertiary/aromatic N) is 8. The summed E-state index contributed by atoms with van der Waals surface area (Å²) in [6.45, 7) is 2.30. The predicted octanol–water partition coefficient (Wildman–Crippen LogP) is 3.18. The number of rotatable bonds is 7. The van der Waals surface area contributed by atoms with Crippen LogP contribution in [0.2, 0.25) is 0 Å². The lowest BCUT2D eigenvalue weighted by atomic mass is 10.1.